The van der Waals surface area contributed by atoms with E-state index in [0.717, 1.165) is 6.07 Å². The first kappa shape index (κ1) is 12.3. The van der Waals surface area contributed by atoms with E-state index in [1.54, 1.807) is 6.92 Å². The van der Waals surface area contributed by atoms with Gasteiger partial charge in [-0.1, -0.05) is 13.0 Å². The Hall–Kier alpha value is -1.78. The number of rotatable bonds is 4. The fourth-order valence-corrected chi connectivity index (χ4v) is 1.57. The zero-order valence-corrected chi connectivity index (χ0v) is 9.03. The van der Waals surface area contributed by atoms with Crippen molar-refractivity contribution in [3.8, 4) is 11.5 Å². The van der Waals surface area contributed by atoms with E-state index in [4.69, 9.17) is 14.9 Å². The number of carboxylic acids is 1. The van der Waals surface area contributed by atoms with Crippen molar-refractivity contribution < 1.29 is 24.1 Å². The number of phenolic OH excluding ortho intramolecular Hbond substituents is 1. The third-order valence-corrected chi connectivity index (χ3v) is 2.39. The lowest BCUT2D eigenvalue weighted by atomic mass is 9.95. The average molecular weight is 228 g/mol. The minimum Gasteiger partial charge on any atom is -0.505 e. The fraction of sp³-hybridized carbons (Fsp3) is 0.364. The lowest BCUT2D eigenvalue weighted by Crippen LogP contribution is -2.12. The zero-order chi connectivity index (χ0) is 12.3. The van der Waals surface area contributed by atoms with Crippen LogP contribution in [0.5, 0.6) is 11.5 Å². The van der Waals surface area contributed by atoms with Crippen molar-refractivity contribution >= 4 is 5.97 Å². The Morgan fingerprint density at radius 2 is 2.19 bits per heavy atom. The van der Waals surface area contributed by atoms with E-state index < -0.39 is 23.5 Å². The molecule has 0 heterocycles. The summed E-state index contributed by atoms with van der Waals surface area (Å²) in [4.78, 5) is 11.0. The highest BCUT2D eigenvalue weighted by Gasteiger charge is 2.24. The number of hydrogen-bond donors (Lipinski definition) is 2. The lowest BCUT2D eigenvalue weighted by molar-refractivity contribution is -0.138. The minimum absolute atomic E-state index is 0.214. The van der Waals surface area contributed by atoms with Gasteiger partial charge in [-0.25, -0.2) is 0 Å². The number of benzene rings is 1. The number of methoxy groups -OCH3 is 1. The van der Waals surface area contributed by atoms with Crippen molar-refractivity contribution in [2.75, 3.05) is 7.11 Å². The molecular formula is C11H13FO4. The first-order valence-corrected chi connectivity index (χ1v) is 4.81. The summed E-state index contributed by atoms with van der Waals surface area (Å²) in [6, 6.07) is 2.48. The molecule has 1 aromatic carbocycles. The molecule has 4 nitrogen and oxygen atoms in total. The summed E-state index contributed by atoms with van der Waals surface area (Å²) in [6.07, 6.45) is 0.315. The molecule has 0 fully saturated rings. The molecule has 16 heavy (non-hydrogen) atoms. The van der Waals surface area contributed by atoms with Crippen molar-refractivity contribution in [3.05, 3.63) is 23.5 Å². The van der Waals surface area contributed by atoms with Crippen molar-refractivity contribution in [2.45, 2.75) is 19.3 Å². The van der Waals surface area contributed by atoms with Gasteiger partial charge in [0, 0.05) is 5.56 Å². The average Bonchev–Trinajstić information content (AvgIpc) is 2.24. The van der Waals surface area contributed by atoms with Gasteiger partial charge in [0.05, 0.1) is 13.0 Å². The van der Waals surface area contributed by atoms with Gasteiger partial charge in [0.2, 0.25) is 5.82 Å². The van der Waals surface area contributed by atoms with Gasteiger partial charge < -0.3 is 14.9 Å². The molecular weight excluding hydrogens is 215 g/mol. The van der Waals surface area contributed by atoms with E-state index in [9.17, 15) is 9.18 Å². The van der Waals surface area contributed by atoms with Crippen molar-refractivity contribution in [1.29, 1.82) is 0 Å². The summed E-state index contributed by atoms with van der Waals surface area (Å²) in [5.74, 6) is -3.59. The Morgan fingerprint density at radius 3 is 2.62 bits per heavy atom. The Bertz CT molecular complexity index is 403. The molecule has 0 saturated heterocycles. The largest absolute Gasteiger partial charge is 0.505 e. The summed E-state index contributed by atoms with van der Waals surface area (Å²) in [6.45, 7) is 1.68. The van der Waals surface area contributed by atoms with Crippen molar-refractivity contribution in [3.63, 3.8) is 0 Å². The van der Waals surface area contributed by atoms with Crippen LogP contribution in [0.25, 0.3) is 0 Å². The predicted octanol–water partition coefficient (Wildman–Crippen LogP) is 2.12. The molecule has 0 aliphatic rings. The number of carbonyl (C=O) groups is 1. The number of carboxylic acid groups (broad SMARTS) is 1. The molecule has 2 N–H and O–H groups in total. The van der Waals surface area contributed by atoms with Crippen LogP contribution in [0.1, 0.15) is 24.8 Å². The van der Waals surface area contributed by atoms with E-state index in [1.807, 2.05) is 0 Å². The molecule has 0 spiro atoms. The van der Waals surface area contributed by atoms with Gasteiger partial charge in [0.25, 0.3) is 0 Å². The lowest BCUT2D eigenvalue weighted by Gasteiger charge is -2.15. The SMILES string of the molecule is CCC(C(=O)O)c1ccc(O)c(F)c1OC. The summed E-state index contributed by atoms with van der Waals surface area (Å²) in [5, 5.41) is 18.1. The van der Waals surface area contributed by atoms with Crippen LogP contribution in [0.2, 0.25) is 0 Å². The summed E-state index contributed by atoms with van der Waals surface area (Å²) < 4.78 is 18.2. The summed E-state index contributed by atoms with van der Waals surface area (Å²) in [5.41, 5.74) is 0.229. The molecule has 1 atom stereocenters. The molecule has 0 bridgehead atoms. The van der Waals surface area contributed by atoms with Gasteiger partial charge in [-0.3, -0.25) is 4.79 Å². The zero-order valence-electron chi connectivity index (χ0n) is 9.03. The van der Waals surface area contributed by atoms with Crippen LogP contribution in [-0.4, -0.2) is 23.3 Å². The molecule has 88 valence electrons. The normalized spacial score (nSPS) is 12.2. The Kier molecular flexibility index (Phi) is 3.71. The highest BCUT2D eigenvalue weighted by atomic mass is 19.1. The van der Waals surface area contributed by atoms with E-state index in [1.165, 1.54) is 13.2 Å². The first-order valence-electron chi connectivity index (χ1n) is 4.81. The molecule has 1 unspecified atom stereocenters. The van der Waals surface area contributed by atoms with Crippen LogP contribution in [0.4, 0.5) is 4.39 Å². The highest BCUT2D eigenvalue weighted by molar-refractivity contribution is 5.77. The van der Waals surface area contributed by atoms with Crippen molar-refractivity contribution in [2.24, 2.45) is 0 Å². The predicted molar refractivity (Wildman–Crippen MR) is 55.3 cm³/mol. The summed E-state index contributed by atoms with van der Waals surface area (Å²) >= 11 is 0. The van der Waals surface area contributed by atoms with E-state index in [-0.39, 0.29) is 11.3 Å². The number of halogens is 1. The Balaban J connectivity index is 3.32. The van der Waals surface area contributed by atoms with Crippen LogP contribution in [0, 0.1) is 5.82 Å². The van der Waals surface area contributed by atoms with E-state index >= 15 is 0 Å². The Labute approximate surface area is 92.3 Å². The maximum absolute atomic E-state index is 13.5. The van der Waals surface area contributed by atoms with Gasteiger partial charge in [-0.2, -0.15) is 4.39 Å². The number of phenols is 1. The van der Waals surface area contributed by atoms with Crippen LogP contribution in [0.15, 0.2) is 12.1 Å². The number of hydrogen-bond acceptors (Lipinski definition) is 3. The molecule has 0 aliphatic carbocycles. The molecule has 5 heteroatoms. The number of aromatic hydroxyl groups is 1. The van der Waals surface area contributed by atoms with Gasteiger partial charge in [-0.15, -0.1) is 0 Å². The quantitative estimate of drug-likeness (QED) is 0.828. The second kappa shape index (κ2) is 4.83. The molecule has 0 amide bonds. The summed E-state index contributed by atoms with van der Waals surface area (Å²) in [7, 11) is 1.23. The number of aliphatic carboxylic acids is 1. The van der Waals surface area contributed by atoms with Crippen LogP contribution >= 0.6 is 0 Å². The fourth-order valence-electron chi connectivity index (χ4n) is 1.57. The van der Waals surface area contributed by atoms with E-state index in [2.05, 4.69) is 0 Å². The van der Waals surface area contributed by atoms with Gasteiger partial charge in [-0.05, 0) is 12.5 Å². The van der Waals surface area contributed by atoms with Gasteiger partial charge >= 0.3 is 5.97 Å². The second-order valence-corrected chi connectivity index (χ2v) is 3.32. The molecule has 0 aliphatic heterocycles. The number of ether oxygens (including phenoxy) is 1. The van der Waals surface area contributed by atoms with E-state index in [0.29, 0.717) is 6.42 Å². The third-order valence-electron chi connectivity index (χ3n) is 2.39. The van der Waals surface area contributed by atoms with Crippen LogP contribution < -0.4 is 4.74 Å². The standard InChI is InChI=1S/C11H13FO4/c1-3-6(11(14)15)7-4-5-8(13)9(12)10(7)16-2/h4-6,13H,3H2,1-2H3,(H,14,15). The van der Waals surface area contributed by atoms with Crippen molar-refractivity contribution in [1.82, 2.24) is 0 Å². The van der Waals surface area contributed by atoms with Crippen LogP contribution in [0.3, 0.4) is 0 Å². The molecule has 1 rings (SSSR count). The monoisotopic (exact) mass is 228 g/mol. The smallest absolute Gasteiger partial charge is 0.311 e. The molecule has 1 aromatic rings. The molecule has 0 aromatic heterocycles. The van der Waals surface area contributed by atoms with Gasteiger partial charge in [0.1, 0.15) is 0 Å². The first-order chi connectivity index (χ1) is 7.52. The molecule has 0 radical (unpaired) electrons. The topological polar surface area (TPSA) is 66.8 Å². The minimum atomic E-state index is -1.05. The third kappa shape index (κ3) is 2.08. The van der Waals surface area contributed by atoms with Crippen LogP contribution in [-0.2, 0) is 4.79 Å². The molecule has 0 saturated carbocycles. The van der Waals surface area contributed by atoms with Gasteiger partial charge in [0.15, 0.2) is 11.5 Å². The Morgan fingerprint density at radius 1 is 1.56 bits per heavy atom. The maximum Gasteiger partial charge on any atom is 0.311 e. The maximum atomic E-state index is 13.5. The highest BCUT2D eigenvalue weighted by Crippen LogP contribution is 2.35. The second-order valence-electron chi connectivity index (χ2n) is 3.32.